The predicted molar refractivity (Wildman–Crippen MR) is 61.0 cm³/mol. The fraction of sp³-hybridized carbons (Fsp3) is 0.250. The Morgan fingerprint density at radius 2 is 1.88 bits per heavy atom. The first kappa shape index (κ1) is 10.5. The number of hydrogen-bond acceptors (Lipinski definition) is 3. The minimum Gasteiger partial charge on any atom is -0.493 e. The molecule has 0 amide bonds. The van der Waals surface area contributed by atoms with Gasteiger partial charge in [0.1, 0.15) is 0 Å². The van der Waals surface area contributed by atoms with Gasteiger partial charge in [0, 0.05) is 13.2 Å². The van der Waals surface area contributed by atoms with Crippen LogP contribution in [0.15, 0.2) is 30.5 Å². The second-order valence-electron chi connectivity index (χ2n) is 3.53. The van der Waals surface area contributed by atoms with Crippen LogP contribution in [0.1, 0.15) is 5.69 Å². The third-order valence-electron chi connectivity index (χ3n) is 2.22. The summed E-state index contributed by atoms with van der Waals surface area (Å²) in [5.41, 5.74) is 0.924. The normalized spacial score (nSPS) is 10.2. The maximum Gasteiger partial charge on any atom is 0.301 e. The summed E-state index contributed by atoms with van der Waals surface area (Å²) >= 11 is 0. The number of ether oxygens (including phenoxy) is 2. The molecule has 16 heavy (non-hydrogen) atoms. The highest BCUT2D eigenvalue weighted by molar-refractivity contribution is 5.40. The van der Waals surface area contributed by atoms with Crippen molar-refractivity contribution in [1.82, 2.24) is 9.55 Å². The zero-order valence-electron chi connectivity index (χ0n) is 9.60. The molecule has 0 radical (unpaired) electrons. The lowest BCUT2D eigenvalue weighted by Crippen LogP contribution is -1.95. The van der Waals surface area contributed by atoms with Crippen LogP contribution < -0.4 is 9.47 Å². The number of para-hydroxylation sites is 2. The van der Waals surface area contributed by atoms with Gasteiger partial charge in [-0.05, 0) is 19.1 Å². The van der Waals surface area contributed by atoms with Gasteiger partial charge in [-0.15, -0.1) is 0 Å². The molecule has 0 N–H and O–H groups in total. The molecule has 0 spiro atoms. The molecule has 0 saturated carbocycles. The van der Waals surface area contributed by atoms with Crippen LogP contribution in [-0.2, 0) is 7.05 Å². The van der Waals surface area contributed by atoms with Gasteiger partial charge in [0.25, 0.3) is 0 Å². The number of rotatable bonds is 3. The van der Waals surface area contributed by atoms with E-state index in [-0.39, 0.29) is 0 Å². The average molecular weight is 218 g/mol. The smallest absolute Gasteiger partial charge is 0.301 e. The summed E-state index contributed by atoms with van der Waals surface area (Å²) in [6.45, 7) is 1.93. The van der Waals surface area contributed by atoms with E-state index in [9.17, 15) is 0 Å². The Bertz CT molecular complexity index is 492. The van der Waals surface area contributed by atoms with Crippen LogP contribution in [0.25, 0.3) is 0 Å². The van der Waals surface area contributed by atoms with E-state index in [0.717, 1.165) is 5.69 Å². The summed E-state index contributed by atoms with van der Waals surface area (Å²) in [4.78, 5) is 4.27. The van der Waals surface area contributed by atoms with E-state index in [1.807, 2.05) is 49.0 Å². The zero-order valence-corrected chi connectivity index (χ0v) is 9.60. The molecule has 4 nitrogen and oxygen atoms in total. The van der Waals surface area contributed by atoms with Crippen LogP contribution in [0.5, 0.6) is 17.5 Å². The maximum atomic E-state index is 5.68. The molecule has 0 unspecified atom stereocenters. The quantitative estimate of drug-likeness (QED) is 0.794. The topological polar surface area (TPSA) is 36.3 Å². The monoisotopic (exact) mass is 218 g/mol. The molecule has 0 atom stereocenters. The van der Waals surface area contributed by atoms with Crippen LogP contribution in [0.4, 0.5) is 0 Å². The molecule has 0 saturated heterocycles. The van der Waals surface area contributed by atoms with Gasteiger partial charge < -0.3 is 14.0 Å². The van der Waals surface area contributed by atoms with E-state index in [1.54, 1.807) is 7.11 Å². The molecule has 84 valence electrons. The van der Waals surface area contributed by atoms with E-state index in [0.29, 0.717) is 17.5 Å². The molecule has 0 aliphatic rings. The van der Waals surface area contributed by atoms with E-state index in [2.05, 4.69) is 4.98 Å². The standard InChI is InChI=1S/C12H14N2O2/c1-9-8-14(2)12(13-9)16-11-7-5-4-6-10(11)15-3/h4-8H,1-3H3. The number of imidazole rings is 1. The minimum absolute atomic E-state index is 0.557. The number of methoxy groups -OCH3 is 1. The summed E-state index contributed by atoms with van der Waals surface area (Å²) in [5.74, 6) is 1.36. The summed E-state index contributed by atoms with van der Waals surface area (Å²) in [7, 11) is 3.51. The third kappa shape index (κ3) is 2.00. The van der Waals surface area contributed by atoms with Crippen LogP contribution in [0.2, 0.25) is 0 Å². The first-order chi connectivity index (χ1) is 7.70. The Balaban J connectivity index is 2.30. The lowest BCUT2D eigenvalue weighted by atomic mass is 10.3. The van der Waals surface area contributed by atoms with Gasteiger partial charge in [-0.2, -0.15) is 0 Å². The lowest BCUT2D eigenvalue weighted by Gasteiger charge is -2.08. The van der Waals surface area contributed by atoms with Crippen LogP contribution >= 0.6 is 0 Å². The Kier molecular flexibility index (Phi) is 2.81. The Hall–Kier alpha value is -1.97. The summed E-state index contributed by atoms with van der Waals surface area (Å²) in [5, 5.41) is 0. The van der Waals surface area contributed by atoms with Crippen LogP contribution in [-0.4, -0.2) is 16.7 Å². The molecule has 0 aliphatic heterocycles. The molecular weight excluding hydrogens is 204 g/mol. The highest BCUT2D eigenvalue weighted by atomic mass is 16.5. The van der Waals surface area contributed by atoms with Crippen molar-refractivity contribution in [3.63, 3.8) is 0 Å². The molecule has 0 fully saturated rings. The molecule has 1 aromatic carbocycles. The van der Waals surface area contributed by atoms with E-state index >= 15 is 0 Å². The first-order valence-electron chi connectivity index (χ1n) is 5.01. The largest absolute Gasteiger partial charge is 0.493 e. The van der Waals surface area contributed by atoms with Crippen LogP contribution in [0.3, 0.4) is 0 Å². The number of aromatic nitrogens is 2. The Morgan fingerprint density at radius 1 is 1.19 bits per heavy atom. The van der Waals surface area contributed by atoms with Gasteiger partial charge >= 0.3 is 6.01 Å². The van der Waals surface area contributed by atoms with Crippen molar-refractivity contribution < 1.29 is 9.47 Å². The van der Waals surface area contributed by atoms with Crippen molar-refractivity contribution in [2.75, 3.05) is 7.11 Å². The van der Waals surface area contributed by atoms with Crippen molar-refractivity contribution in [1.29, 1.82) is 0 Å². The van der Waals surface area contributed by atoms with Gasteiger partial charge in [-0.1, -0.05) is 12.1 Å². The van der Waals surface area contributed by atoms with Gasteiger partial charge in [0.2, 0.25) is 0 Å². The van der Waals surface area contributed by atoms with Gasteiger partial charge in [0.15, 0.2) is 11.5 Å². The van der Waals surface area contributed by atoms with Gasteiger partial charge in [0.05, 0.1) is 12.8 Å². The van der Waals surface area contributed by atoms with E-state index in [1.165, 1.54) is 0 Å². The predicted octanol–water partition coefficient (Wildman–Crippen LogP) is 2.53. The molecule has 1 aromatic heterocycles. The third-order valence-corrected chi connectivity index (χ3v) is 2.22. The molecule has 2 aromatic rings. The average Bonchev–Trinajstić information content (AvgIpc) is 2.58. The van der Waals surface area contributed by atoms with Crippen molar-refractivity contribution in [2.24, 2.45) is 7.05 Å². The molecule has 4 heteroatoms. The fourth-order valence-electron chi connectivity index (χ4n) is 1.49. The molecule has 2 rings (SSSR count). The van der Waals surface area contributed by atoms with Crippen molar-refractivity contribution >= 4 is 0 Å². The summed E-state index contributed by atoms with van der Waals surface area (Å²) in [6, 6.07) is 8.05. The fourth-order valence-corrected chi connectivity index (χ4v) is 1.49. The molecule has 0 aliphatic carbocycles. The SMILES string of the molecule is COc1ccccc1Oc1nc(C)cn1C. The number of nitrogens with zero attached hydrogens (tertiary/aromatic N) is 2. The molecule has 0 bridgehead atoms. The van der Waals surface area contributed by atoms with Crippen LogP contribution in [0, 0.1) is 6.92 Å². The Morgan fingerprint density at radius 3 is 2.44 bits per heavy atom. The molecule has 1 heterocycles. The summed E-state index contributed by atoms with van der Waals surface area (Å²) in [6.07, 6.45) is 1.91. The van der Waals surface area contributed by atoms with Gasteiger partial charge in [-0.3, -0.25) is 0 Å². The minimum atomic E-state index is 0.557. The summed E-state index contributed by atoms with van der Waals surface area (Å²) < 4.78 is 12.7. The first-order valence-corrected chi connectivity index (χ1v) is 5.01. The highest BCUT2D eigenvalue weighted by Gasteiger charge is 2.08. The zero-order chi connectivity index (χ0) is 11.5. The number of aryl methyl sites for hydroxylation is 2. The number of benzene rings is 1. The van der Waals surface area contributed by atoms with E-state index in [4.69, 9.17) is 9.47 Å². The number of hydrogen-bond donors (Lipinski definition) is 0. The lowest BCUT2D eigenvalue weighted by molar-refractivity contribution is 0.362. The second kappa shape index (κ2) is 4.26. The van der Waals surface area contributed by atoms with Crippen molar-refractivity contribution in [3.05, 3.63) is 36.2 Å². The second-order valence-corrected chi connectivity index (χ2v) is 3.53. The van der Waals surface area contributed by atoms with Crippen molar-refractivity contribution in [3.8, 4) is 17.5 Å². The molecular formula is C12H14N2O2. The highest BCUT2D eigenvalue weighted by Crippen LogP contribution is 2.29. The van der Waals surface area contributed by atoms with Gasteiger partial charge in [-0.25, -0.2) is 4.98 Å². The van der Waals surface area contributed by atoms with E-state index < -0.39 is 0 Å². The van der Waals surface area contributed by atoms with Crippen molar-refractivity contribution in [2.45, 2.75) is 6.92 Å². The Labute approximate surface area is 94.4 Å². The maximum absolute atomic E-state index is 5.68.